The Morgan fingerprint density at radius 2 is 1.86 bits per heavy atom. The molecule has 28 heavy (non-hydrogen) atoms. The number of amides is 1. The molecule has 2 heterocycles. The number of H-pyrrole nitrogens is 2. The molecule has 0 aliphatic carbocycles. The van der Waals surface area contributed by atoms with Crippen molar-refractivity contribution in [3.63, 3.8) is 0 Å². The van der Waals surface area contributed by atoms with Crippen LogP contribution in [0, 0.1) is 6.92 Å². The van der Waals surface area contributed by atoms with Gasteiger partial charge in [0.2, 0.25) is 0 Å². The Balaban J connectivity index is 1.49. The van der Waals surface area contributed by atoms with Crippen LogP contribution in [-0.4, -0.2) is 26.5 Å². The fraction of sp³-hybridized carbons (Fsp3) is 0.0500. The fourth-order valence-corrected chi connectivity index (χ4v) is 2.88. The van der Waals surface area contributed by atoms with Crippen molar-refractivity contribution >= 4 is 17.6 Å². The van der Waals surface area contributed by atoms with Gasteiger partial charge in [-0.15, -0.1) is 0 Å². The van der Waals surface area contributed by atoms with Gasteiger partial charge in [-0.3, -0.25) is 10.2 Å². The van der Waals surface area contributed by atoms with Gasteiger partial charge >= 0.3 is 6.09 Å². The summed E-state index contributed by atoms with van der Waals surface area (Å²) in [5.41, 5.74) is 10.8. The smallest absolute Gasteiger partial charge is 0.409 e. The van der Waals surface area contributed by atoms with Crippen LogP contribution < -0.4 is 15.8 Å². The monoisotopic (exact) mass is 374 g/mol. The molecule has 5 N–H and O–H groups in total. The molecular weight excluding hydrogens is 356 g/mol. The molecule has 140 valence electrons. The first-order chi connectivity index (χ1) is 13.6. The highest BCUT2D eigenvalue weighted by atomic mass is 16.5. The number of hydrogen-bond donors (Lipinski definition) is 4. The molecule has 0 fully saturated rings. The van der Waals surface area contributed by atoms with Crippen LogP contribution >= 0.6 is 0 Å². The van der Waals surface area contributed by atoms with Gasteiger partial charge in [-0.2, -0.15) is 10.2 Å². The third-order valence-corrected chi connectivity index (χ3v) is 4.28. The maximum absolute atomic E-state index is 10.8. The lowest BCUT2D eigenvalue weighted by Crippen LogP contribution is -2.16. The van der Waals surface area contributed by atoms with E-state index in [9.17, 15) is 4.79 Å². The standard InChI is InChI=1S/C20H18N6O2/c1-12-8-16(28-20(21)27)6-7-17(12)24-19-9-18(25-26-19)14-4-2-13(3-5-14)15-10-22-23-11-15/h2-11H,1H3,(H2,21,27)(H,22,23)(H2,24,25,26). The second-order valence-electron chi connectivity index (χ2n) is 6.25. The molecule has 8 heteroatoms. The number of primary amides is 1. The van der Waals surface area contributed by atoms with Crippen molar-refractivity contribution in [3.05, 3.63) is 66.5 Å². The van der Waals surface area contributed by atoms with E-state index in [4.69, 9.17) is 10.5 Å². The average Bonchev–Trinajstić information content (AvgIpc) is 3.36. The molecule has 0 aliphatic rings. The summed E-state index contributed by atoms with van der Waals surface area (Å²) in [5.74, 6) is 1.08. The van der Waals surface area contributed by atoms with E-state index in [-0.39, 0.29) is 0 Å². The van der Waals surface area contributed by atoms with Gasteiger partial charge in [-0.05, 0) is 41.8 Å². The summed E-state index contributed by atoms with van der Waals surface area (Å²) in [4.78, 5) is 10.8. The molecule has 0 aliphatic heterocycles. The van der Waals surface area contributed by atoms with E-state index in [0.29, 0.717) is 11.6 Å². The number of rotatable bonds is 5. The number of hydrogen-bond acceptors (Lipinski definition) is 5. The summed E-state index contributed by atoms with van der Waals surface area (Å²) >= 11 is 0. The molecule has 0 saturated heterocycles. The van der Waals surface area contributed by atoms with E-state index in [1.54, 1.807) is 18.3 Å². The van der Waals surface area contributed by atoms with E-state index in [0.717, 1.165) is 33.6 Å². The first kappa shape index (κ1) is 17.3. The molecule has 0 atom stereocenters. The number of carbonyl (C=O) groups is 1. The van der Waals surface area contributed by atoms with E-state index in [2.05, 4.69) is 25.7 Å². The van der Waals surface area contributed by atoms with Crippen LogP contribution in [0.15, 0.2) is 60.9 Å². The van der Waals surface area contributed by atoms with Crippen LogP contribution in [0.5, 0.6) is 5.75 Å². The number of aryl methyl sites for hydroxylation is 1. The number of benzene rings is 2. The number of aromatic nitrogens is 4. The molecule has 0 radical (unpaired) electrons. The fourth-order valence-electron chi connectivity index (χ4n) is 2.88. The van der Waals surface area contributed by atoms with Crippen LogP contribution in [0.4, 0.5) is 16.3 Å². The maximum atomic E-state index is 10.8. The highest BCUT2D eigenvalue weighted by Gasteiger charge is 2.08. The van der Waals surface area contributed by atoms with E-state index in [1.807, 2.05) is 49.5 Å². The maximum Gasteiger partial charge on any atom is 0.409 e. The largest absolute Gasteiger partial charge is 0.410 e. The highest BCUT2D eigenvalue weighted by molar-refractivity contribution is 5.72. The molecule has 4 aromatic rings. The van der Waals surface area contributed by atoms with Crippen molar-refractivity contribution in [2.75, 3.05) is 5.32 Å². The quantitative estimate of drug-likeness (QED) is 0.421. The predicted molar refractivity (Wildman–Crippen MR) is 106 cm³/mol. The highest BCUT2D eigenvalue weighted by Crippen LogP contribution is 2.27. The van der Waals surface area contributed by atoms with Crippen molar-refractivity contribution in [2.45, 2.75) is 6.92 Å². The van der Waals surface area contributed by atoms with Gasteiger partial charge in [0.1, 0.15) is 5.75 Å². The first-order valence-electron chi connectivity index (χ1n) is 8.58. The summed E-state index contributed by atoms with van der Waals surface area (Å²) in [6.45, 7) is 1.90. The van der Waals surface area contributed by atoms with Crippen molar-refractivity contribution in [1.29, 1.82) is 0 Å². The van der Waals surface area contributed by atoms with Crippen LogP contribution in [0.3, 0.4) is 0 Å². The predicted octanol–water partition coefficient (Wildman–Crippen LogP) is 3.98. The van der Waals surface area contributed by atoms with E-state index < -0.39 is 6.09 Å². The third kappa shape index (κ3) is 3.70. The molecular formula is C20H18N6O2. The zero-order valence-corrected chi connectivity index (χ0v) is 15.1. The Morgan fingerprint density at radius 3 is 2.54 bits per heavy atom. The summed E-state index contributed by atoms with van der Waals surface area (Å²) in [6.07, 6.45) is 2.81. The van der Waals surface area contributed by atoms with Crippen LogP contribution in [0.2, 0.25) is 0 Å². The molecule has 0 bridgehead atoms. The van der Waals surface area contributed by atoms with Gasteiger partial charge in [0.05, 0.1) is 11.9 Å². The van der Waals surface area contributed by atoms with E-state index >= 15 is 0 Å². The SMILES string of the molecule is Cc1cc(OC(N)=O)ccc1Nc1cc(-c2ccc(-c3cn[nH]c3)cc2)[nH]n1. The minimum absolute atomic E-state index is 0.399. The Kier molecular flexibility index (Phi) is 4.51. The molecule has 8 nitrogen and oxygen atoms in total. The number of anilines is 2. The molecule has 0 spiro atoms. The normalized spacial score (nSPS) is 10.6. The Morgan fingerprint density at radius 1 is 1.07 bits per heavy atom. The molecule has 2 aromatic carbocycles. The Bertz CT molecular complexity index is 1100. The molecule has 1 amide bonds. The number of aromatic amines is 2. The summed E-state index contributed by atoms with van der Waals surface area (Å²) in [7, 11) is 0. The van der Waals surface area contributed by atoms with E-state index in [1.165, 1.54) is 0 Å². The van der Waals surface area contributed by atoms with Crippen LogP contribution in [0.25, 0.3) is 22.4 Å². The lowest BCUT2D eigenvalue weighted by Gasteiger charge is -2.08. The Hall–Kier alpha value is -4.07. The van der Waals surface area contributed by atoms with Gasteiger partial charge in [0, 0.05) is 23.5 Å². The van der Waals surface area contributed by atoms with Crippen LogP contribution in [0.1, 0.15) is 5.56 Å². The number of ether oxygens (including phenoxy) is 1. The number of nitrogens with one attached hydrogen (secondary N) is 3. The average molecular weight is 374 g/mol. The zero-order valence-electron chi connectivity index (χ0n) is 15.1. The summed E-state index contributed by atoms with van der Waals surface area (Å²) in [6, 6.07) is 15.3. The van der Waals surface area contributed by atoms with Gasteiger partial charge in [-0.1, -0.05) is 24.3 Å². The minimum Gasteiger partial charge on any atom is -0.410 e. The first-order valence-corrected chi connectivity index (χ1v) is 8.58. The van der Waals surface area contributed by atoms with Crippen molar-refractivity contribution in [3.8, 4) is 28.1 Å². The minimum atomic E-state index is -0.837. The number of nitrogens with zero attached hydrogens (tertiary/aromatic N) is 2. The third-order valence-electron chi connectivity index (χ3n) is 4.28. The molecule has 2 aromatic heterocycles. The van der Waals surface area contributed by atoms with Crippen molar-refractivity contribution < 1.29 is 9.53 Å². The topological polar surface area (TPSA) is 122 Å². The van der Waals surface area contributed by atoms with Crippen molar-refractivity contribution in [2.24, 2.45) is 5.73 Å². The second-order valence-corrected chi connectivity index (χ2v) is 6.25. The van der Waals surface area contributed by atoms with Crippen molar-refractivity contribution in [1.82, 2.24) is 20.4 Å². The number of carbonyl (C=O) groups excluding carboxylic acids is 1. The zero-order chi connectivity index (χ0) is 19.5. The lowest BCUT2D eigenvalue weighted by atomic mass is 10.1. The van der Waals surface area contributed by atoms with Gasteiger partial charge in [-0.25, -0.2) is 4.79 Å². The van der Waals surface area contributed by atoms with Gasteiger partial charge in [0.15, 0.2) is 5.82 Å². The lowest BCUT2D eigenvalue weighted by molar-refractivity contribution is 0.211. The molecule has 0 saturated carbocycles. The Labute approximate surface area is 160 Å². The van der Waals surface area contributed by atoms with Crippen LogP contribution in [-0.2, 0) is 0 Å². The number of nitrogens with two attached hydrogens (primary N) is 1. The molecule has 4 rings (SSSR count). The van der Waals surface area contributed by atoms with Gasteiger partial charge < -0.3 is 15.8 Å². The summed E-state index contributed by atoms with van der Waals surface area (Å²) < 4.78 is 4.88. The molecule has 0 unspecified atom stereocenters. The summed E-state index contributed by atoms with van der Waals surface area (Å²) in [5, 5.41) is 17.4. The second kappa shape index (κ2) is 7.28. The van der Waals surface area contributed by atoms with Gasteiger partial charge in [0.25, 0.3) is 0 Å².